The second kappa shape index (κ2) is 5.09. The minimum atomic E-state index is -3.27. The van der Waals surface area contributed by atoms with Crippen LogP contribution in [0.5, 0.6) is 0 Å². The molecule has 0 amide bonds. The van der Waals surface area contributed by atoms with Crippen LogP contribution in [0.4, 0.5) is 0 Å². The molecular weight excluding hydrogens is 204 g/mol. The summed E-state index contributed by atoms with van der Waals surface area (Å²) in [6.45, 7) is 5.25. The molecule has 0 aromatic rings. The van der Waals surface area contributed by atoms with E-state index in [0.29, 0.717) is 0 Å². The molecular formula is C9H20O4S. The van der Waals surface area contributed by atoms with Crippen LogP contribution < -0.4 is 0 Å². The molecule has 0 aromatic carbocycles. The molecule has 0 fully saturated rings. The lowest BCUT2D eigenvalue weighted by Gasteiger charge is -2.28. The monoisotopic (exact) mass is 224 g/mol. The van der Waals surface area contributed by atoms with Gasteiger partial charge in [-0.15, -0.1) is 0 Å². The van der Waals surface area contributed by atoms with E-state index < -0.39 is 20.5 Å². The van der Waals surface area contributed by atoms with Crippen LogP contribution in [0.15, 0.2) is 0 Å². The molecule has 0 aromatic heterocycles. The topological polar surface area (TPSA) is 63.6 Å². The largest absolute Gasteiger partial charge is 0.395 e. The minimum absolute atomic E-state index is 0.0357. The van der Waals surface area contributed by atoms with E-state index in [9.17, 15) is 8.42 Å². The van der Waals surface area contributed by atoms with Crippen LogP contribution in [0.25, 0.3) is 0 Å². The molecule has 0 radical (unpaired) electrons. The molecule has 0 saturated carbocycles. The molecule has 0 heterocycles. The molecule has 86 valence electrons. The van der Waals surface area contributed by atoms with Crippen molar-refractivity contribution in [3.05, 3.63) is 0 Å². The van der Waals surface area contributed by atoms with E-state index in [1.165, 1.54) is 7.11 Å². The van der Waals surface area contributed by atoms with E-state index in [2.05, 4.69) is 0 Å². The zero-order valence-corrected chi connectivity index (χ0v) is 10.1. The lowest BCUT2D eigenvalue weighted by molar-refractivity contribution is 0.211. The molecule has 0 aliphatic heterocycles. The van der Waals surface area contributed by atoms with Crippen LogP contribution in [0.1, 0.15) is 20.8 Å². The third kappa shape index (κ3) is 3.94. The van der Waals surface area contributed by atoms with Crippen molar-refractivity contribution in [3.8, 4) is 0 Å². The van der Waals surface area contributed by atoms with Crippen LogP contribution in [-0.4, -0.2) is 44.9 Å². The van der Waals surface area contributed by atoms with Gasteiger partial charge >= 0.3 is 0 Å². The Bertz CT molecular complexity index is 250. The van der Waals surface area contributed by atoms with Crippen LogP contribution in [-0.2, 0) is 14.6 Å². The number of hydrogen-bond donors (Lipinski definition) is 1. The van der Waals surface area contributed by atoms with Gasteiger partial charge in [-0.25, -0.2) is 8.42 Å². The lowest BCUT2D eigenvalue weighted by Crippen LogP contribution is -2.39. The summed E-state index contributed by atoms with van der Waals surface area (Å²) in [5, 5.41) is 8.36. The molecule has 14 heavy (non-hydrogen) atoms. The highest BCUT2D eigenvalue weighted by Gasteiger charge is 2.35. The molecule has 1 N–H and O–H groups in total. The van der Waals surface area contributed by atoms with Crippen LogP contribution in [0, 0.1) is 5.41 Å². The van der Waals surface area contributed by atoms with E-state index in [4.69, 9.17) is 9.84 Å². The summed E-state index contributed by atoms with van der Waals surface area (Å²) < 4.78 is 28.2. The molecule has 0 bridgehead atoms. The van der Waals surface area contributed by atoms with Gasteiger partial charge in [-0.2, -0.15) is 0 Å². The van der Waals surface area contributed by atoms with Crippen molar-refractivity contribution in [1.82, 2.24) is 0 Å². The van der Waals surface area contributed by atoms with Crippen LogP contribution in [0.2, 0.25) is 0 Å². The molecule has 5 heteroatoms. The fourth-order valence-corrected chi connectivity index (χ4v) is 3.26. The molecule has 1 atom stereocenters. The fourth-order valence-electron chi connectivity index (χ4n) is 1.27. The number of hydrogen-bond acceptors (Lipinski definition) is 4. The Morgan fingerprint density at radius 3 is 2.14 bits per heavy atom. The van der Waals surface area contributed by atoms with E-state index in [0.717, 1.165) is 0 Å². The molecule has 0 aliphatic carbocycles. The number of methoxy groups -OCH3 is 1. The Balaban J connectivity index is 4.68. The number of ether oxygens (including phenoxy) is 1. The van der Waals surface area contributed by atoms with Gasteiger partial charge in [-0.3, -0.25) is 0 Å². The lowest BCUT2D eigenvalue weighted by atomic mass is 9.92. The number of aliphatic hydroxyl groups is 1. The van der Waals surface area contributed by atoms with Gasteiger partial charge in [-0.1, -0.05) is 20.8 Å². The number of aliphatic hydroxyl groups excluding tert-OH is 1. The molecule has 0 rings (SSSR count). The zero-order chi connectivity index (χ0) is 11.4. The summed E-state index contributed by atoms with van der Waals surface area (Å²) in [4.78, 5) is 0. The van der Waals surface area contributed by atoms with Crippen molar-refractivity contribution in [3.63, 3.8) is 0 Å². The number of sulfone groups is 1. The molecule has 4 nitrogen and oxygen atoms in total. The van der Waals surface area contributed by atoms with Crippen molar-refractivity contribution in [2.24, 2.45) is 5.41 Å². The standard InChI is InChI=1S/C9H20O4S/c1-9(2,3)8(7-10)14(11,12)6-5-13-4/h8,10H,5-7H2,1-4H3. The van der Waals surface area contributed by atoms with Crippen molar-refractivity contribution in [2.75, 3.05) is 26.1 Å². The van der Waals surface area contributed by atoms with Gasteiger partial charge in [0, 0.05) is 7.11 Å². The van der Waals surface area contributed by atoms with E-state index in [1.54, 1.807) is 20.8 Å². The summed E-state index contributed by atoms with van der Waals surface area (Å²) in [6, 6.07) is 0. The molecule has 0 aliphatic rings. The smallest absolute Gasteiger partial charge is 0.158 e. The summed E-state index contributed by atoms with van der Waals surface area (Å²) in [5.41, 5.74) is -0.443. The third-order valence-electron chi connectivity index (χ3n) is 2.14. The summed E-state index contributed by atoms with van der Waals surface area (Å²) in [5.74, 6) is -0.0357. The van der Waals surface area contributed by atoms with Crippen LogP contribution >= 0.6 is 0 Å². The third-order valence-corrected chi connectivity index (χ3v) is 4.60. The summed E-state index contributed by atoms with van der Waals surface area (Å²) >= 11 is 0. The van der Waals surface area contributed by atoms with Gasteiger partial charge in [0.05, 0.1) is 24.2 Å². The van der Waals surface area contributed by atoms with Gasteiger partial charge in [-0.05, 0) is 5.41 Å². The van der Waals surface area contributed by atoms with Gasteiger partial charge in [0.25, 0.3) is 0 Å². The van der Waals surface area contributed by atoms with Gasteiger partial charge in [0.15, 0.2) is 9.84 Å². The van der Waals surface area contributed by atoms with E-state index in [-0.39, 0.29) is 19.0 Å². The predicted molar refractivity (Wildman–Crippen MR) is 56.0 cm³/mol. The van der Waals surface area contributed by atoms with Gasteiger partial charge in [0.1, 0.15) is 0 Å². The molecule has 0 spiro atoms. The zero-order valence-electron chi connectivity index (χ0n) is 9.28. The first kappa shape index (κ1) is 13.9. The van der Waals surface area contributed by atoms with Crippen molar-refractivity contribution in [1.29, 1.82) is 0 Å². The Labute approximate surface area is 86.2 Å². The SMILES string of the molecule is COCCS(=O)(=O)C(CO)C(C)(C)C. The minimum Gasteiger partial charge on any atom is -0.395 e. The first-order chi connectivity index (χ1) is 6.25. The van der Waals surface area contributed by atoms with Crippen LogP contribution in [0.3, 0.4) is 0 Å². The van der Waals surface area contributed by atoms with E-state index in [1.807, 2.05) is 0 Å². The molecule has 1 unspecified atom stereocenters. The maximum atomic E-state index is 11.7. The maximum Gasteiger partial charge on any atom is 0.158 e. The highest BCUT2D eigenvalue weighted by molar-refractivity contribution is 7.92. The first-order valence-electron chi connectivity index (χ1n) is 4.57. The van der Waals surface area contributed by atoms with Crippen molar-refractivity contribution >= 4 is 9.84 Å². The Morgan fingerprint density at radius 1 is 1.36 bits per heavy atom. The van der Waals surface area contributed by atoms with Gasteiger partial charge < -0.3 is 9.84 Å². The van der Waals surface area contributed by atoms with E-state index >= 15 is 0 Å². The predicted octanol–water partition coefficient (Wildman–Crippen LogP) is 0.455. The second-order valence-electron chi connectivity index (χ2n) is 4.40. The van der Waals surface area contributed by atoms with Gasteiger partial charge in [0.2, 0.25) is 0 Å². The summed E-state index contributed by atoms with van der Waals surface area (Å²) in [7, 11) is -1.81. The van der Waals surface area contributed by atoms with Crippen molar-refractivity contribution in [2.45, 2.75) is 26.0 Å². The maximum absolute atomic E-state index is 11.7. The summed E-state index contributed by atoms with van der Waals surface area (Å²) in [6.07, 6.45) is 0. The molecule has 0 saturated heterocycles. The highest BCUT2D eigenvalue weighted by atomic mass is 32.2. The Morgan fingerprint density at radius 2 is 1.86 bits per heavy atom. The highest BCUT2D eigenvalue weighted by Crippen LogP contribution is 2.25. The average Bonchev–Trinajstić information content (AvgIpc) is 1.98. The first-order valence-corrected chi connectivity index (χ1v) is 6.28. The van der Waals surface area contributed by atoms with Crippen molar-refractivity contribution < 1.29 is 18.3 Å². The second-order valence-corrected chi connectivity index (χ2v) is 6.70. The Hall–Kier alpha value is -0.130. The average molecular weight is 224 g/mol. The number of rotatable bonds is 5. The normalized spacial score (nSPS) is 15.5. The quantitative estimate of drug-likeness (QED) is 0.736. The Kier molecular flexibility index (Phi) is 5.05. The fraction of sp³-hybridized carbons (Fsp3) is 1.00.